The van der Waals surface area contributed by atoms with Crippen molar-refractivity contribution in [1.29, 1.82) is 0 Å². The lowest BCUT2D eigenvalue weighted by Crippen LogP contribution is -2.51. The number of piperazine rings is 1. The van der Waals surface area contributed by atoms with Crippen LogP contribution in [0.3, 0.4) is 0 Å². The molecule has 0 radical (unpaired) electrons. The van der Waals surface area contributed by atoms with Gasteiger partial charge in [0.25, 0.3) is 0 Å². The van der Waals surface area contributed by atoms with Gasteiger partial charge in [0.1, 0.15) is 22.9 Å². The number of aryl methyl sites for hydroxylation is 1. The number of hydrogen-bond acceptors (Lipinski definition) is 7. The minimum absolute atomic E-state index is 0.0222. The highest BCUT2D eigenvalue weighted by Gasteiger charge is 2.28. The molecule has 0 spiro atoms. The van der Waals surface area contributed by atoms with E-state index in [4.69, 9.17) is 0 Å². The van der Waals surface area contributed by atoms with Crippen LogP contribution in [0.25, 0.3) is 22.3 Å². The number of imidazole rings is 1. The van der Waals surface area contributed by atoms with E-state index in [1.165, 1.54) is 6.07 Å². The predicted molar refractivity (Wildman–Crippen MR) is 150 cm³/mol. The van der Waals surface area contributed by atoms with Gasteiger partial charge in [-0.2, -0.15) is 0 Å². The van der Waals surface area contributed by atoms with Crippen LogP contribution in [0.2, 0.25) is 0 Å². The molecule has 1 amide bonds. The lowest BCUT2D eigenvalue weighted by molar-refractivity contribution is -0.136. The molecule has 0 saturated carbocycles. The summed E-state index contributed by atoms with van der Waals surface area (Å²) >= 11 is 0. The lowest BCUT2D eigenvalue weighted by Gasteiger charge is -2.38. The van der Waals surface area contributed by atoms with Gasteiger partial charge in [-0.25, -0.2) is 28.7 Å². The summed E-state index contributed by atoms with van der Waals surface area (Å²) in [5, 5.41) is 3.03. The Bertz CT molecular complexity index is 1540. The number of nitrogens with one attached hydrogen (secondary N) is 1. The van der Waals surface area contributed by atoms with Crippen molar-refractivity contribution in [2.24, 2.45) is 0 Å². The van der Waals surface area contributed by atoms with Gasteiger partial charge in [0.15, 0.2) is 11.6 Å². The average Bonchev–Trinajstić information content (AvgIpc) is 3.28. The van der Waals surface area contributed by atoms with E-state index < -0.39 is 11.6 Å². The Morgan fingerprint density at radius 1 is 1.02 bits per heavy atom. The van der Waals surface area contributed by atoms with E-state index in [-0.39, 0.29) is 35.1 Å². The van der Waals surface area contributed by atoms with Gasteiger partial charge in [0.2, 0.25) is 11.9 Å². The summed E-state index contributed by atoms with van der Waals surface area (Å²) in [6.07, 6.45) is 3.68. The van der Waals surface area contributed by atoms with Crippen LogP contribution in [0.5, 0.6) is 0 Å². The van der Waals surface area contributed by atoms with Crippen molar-refractivity contribution in [2.75, 3.05) is 31.5 Å². The number of carbonyl (C=O) groups is 1. The third-order valence-corrected chi connectivity index (χ3v) is 7.43. The Morgan fingerprint density at radius 3 is 2.48 bits per heavy atom. The Kier molecular flexibility index (Phi) is 7.75. The highest BCUT2D eigenvalue weighted by Crippen LogP contribution is 2.31. The molecule has 4 aromatic rings. The smallest absolute Gasteiger partial charge is 0.236 e. The van der Waals surface area contributed by atoms with Crippen LogP contribution in [-0.2, 0) is 4.79 Å². The van der Waals surface area contributed by atoms with E-state index in [1.54, 1.807) is 12.3 Å². The van der Waals surface area contributed by atoms with E-state index in [0.29, 0.717) is 29.3 Å². The number of carbonyl (C=O) groups excluding carboxylic acids is 1. The summed E-state index contributed by atoms with van der Waals surface area (Å²) in [6.45, 7) is 12.5. The standard InChI is InChI=1S/C29H34F2N8O/c1-6-23(38-11-10-37(7-2)26(40)16-38)19-8-9-25(32-14-19)35-29-33-15-22(31)27(36-29)20-12-21(30)28-24(13-20)39(17(3)4)18(5)34-28/h8-9,12-15,17,23H,6-7,10-11,16H2,1-5H3,(H,32,33,35,36)/t23-/m0/s1. The van der Waals surface area contributed by atoms with Crippen LogP contribution < -0.4 is 5.32 Å². The van der Waals surface area contributed by atoms with Gasteiger partial charge in [-0.05, 0) is 57.9 Å². The molecule has 11 heteroatoms. The van der Waals surface area contributed by atoms with Gasteiger partial charge in [-0.1, -0.05) is 13.0 Å². The Balaban J connectivity index is 1.38. The van der Waals surface area contributed by atoms with Crippen molar-refractivity contribution in [2.45, 2.75) is 53.1 Å². The van der Waals surface area contributed by atoms with Crippen molar-refractivity contribution in [3.05, 3.63) is 59.7 Å². The normalized spacial score (nSPS) is 15.3. The van der Waals surface area contributed by atoms with E-state index in [2.05, 4.69) is 37.1 Å². The van der Waals surface area contributed by atoms with Gasteiger partial charge < -0.3 is 14.8 Å². The van der Waals surface area contributed by atoms with Crippen molar-refractivity contribution in [3.8, 4) is 11.3 Å². The molecule has 1 aliphatic rings. The molecule has 5 rings (SSSR count). The number of benzene rings is 1. The molecule has 9 nitrogen and oxygen atoms in total. The first-order valence-corrected chi connectivity index (χ1v) is 13.7. The minimum Gasteiger partial charge on any atom is -0.341 e. The number of amides is 1. The summed E-state index contributed by atoms with van der Waals surface area (Å²) < 4.78 is 31.8. The van der Waals surface area contributed by atoms with E-state index in [1.807, 2.05) is 49.3 Å². The van der Waals surface area contributed by atoms with Crippen LogP contribution in [0.15, 0.2) is 36.7 Å². The van der Waals surface area contributed by atoms with Crippen molar-refractivity contribution in [1.82, 2.24) is 34.3 Å². The van der Waals surface area contributed by atoms with Crippen LogP contribution in [-0.4, -0.2) is 66.4 Å². The molecule has 3 aromatic heterocycles. The lowest BCUT2D eigenvalue weighted by atomic mass is 10.0. The zero-order valence-corrected chi connectivity index (χ0v) is 23.4. The first-order chi connectivity index (χ1) is 19.2. The number of hydrogen-bond donors (Lipinski definition) is 1. The molecule has 210 valence electrons. The third-order valence-electron chi connectivity index (χ3n) is 7.43. The van der Waals surface area contributed by atoms with E-state index in [9.17, 15) is 9.18 Å². The maximum atomic E-state index is 15.0. The molecule has 40 heavy (non-hydrogen) atoms. The highest BCUT2D eigenvalue weighted by atomic mass is 19.1. The third kappa shape index (κ3) is 5.25. The SMILES string of the molecule is CC[C@@H](c1ccc(Nc2ncc(F)c(-c3cc(F)c4nc(C)n(C(C)C)c4c3)n2)nc1)N1CCN(CC)C(=O)C1. The van der Waals surface area contributed by atoms with Crippen LogP contribution in [0.1, 0.15) is 57.6 Å². The Hall–Kier alpha value is -3.99. The molecular weight excluding hydrogens is 514 g/mol. The topological polar surface area (TPSA) is 92.1 Å². The fourth-order valence-electron chi connectivity index (χ4n) is 5.51. The number of fused-ring (bicyclic) bond motifs is 1. The predicted octanol–water partition coefficient (Wildman–Crippen LogP) is 5.41. The monoisotopic (exact) mass is 548 g/mol. The summed E-state index contributed by atoms with van der Waals surface area (Å²) in [5.74, 6) is 0.246. The molecule has 1 N–H and O–H groups in total. The summed E-state index contributed by atoms with van der Waals surface area (Å²) in [4.78, 5) is 33.8. The van der Waals surface area contributed by atoms with Crippen LogP contribution in [0, 0.1) is 18.6 Å². The molecule has 4 heterocycles. The molecule has 1 aliphatic heterocycles. The van der Waals surface area contributed by atoms with Crippen LogP contribution >= 0.6 is 0 Å². The molecule has 1 saturated heterocycles. The molecule has 1 fully saturated rings. The van der Waals surface area contributed by atoms with E-state index >= 15 is 4.39 Å². The van der Waals surface area contributed by atoms with Crippen molar-refractivity contribution < 1.29 is 13.6 Å². The highest BCUT2D eigenvalue weighted by molar-refractivity contribution is 5.83. The van der Waals surface area contributed by atoms with Crippen molar-refractivity contribution in [3.63, 3.8) is 0 Å². The van der Waals surface area contributed by atoms with Crippen LogP contribution in [0.4, 0.5) is 20.5 Å². The number of nitrogens with zero attached hydrogens (tertiary/aromatic N) is 7. The second-order valence-corrected chi connectivity index (χ2v) is 10.3. The number of pyridine rings is 1. The molecule has 1 aromatic carbocycles. The maximum Gasteiger partial charge on any atom is 0.236 e. The molecule has 0 bridgehead atoms. The average molecular weight is 549 g/mol. The number of aromatic nitrogens is 5. The Morgan fingerprint density at radius 2 is 1.82 bits per heavy atom. The quantitative estimate of drug-likeness (QED) is 0.315. The molecule has 0 unspecified atom stereocenters. The molecule has 0 aliphatic carbocycles. The van der Waals surface area contributed by atoms with Gasteiger partial charge in [0.05, 0.1) is 18.3 Å². The number of halogens is 2. The second-order valence-electron chi connectivity index (χ2n) is 10.3. The first-order valence-electron chi connectivity index (χ1n) is 13.7. The van der Waals surface area contributed by atoms with E-state index in [0.717, 1.165) is 37.8 Å². The summed E-state index contributed by atoms with van der Waals surface area (Å²) in [6, 6.07) is 6.85. The largest absolute Gasteiger partial charge is 0.341 e. The summed E-state index contributed by atoms with van der Waals surface area (Å²) in [7, 11) is 0. The van der Waals surface area contributed by atoms with Gasteiger partial charge in [-0.3, -0.25) is 9.69 Å². The molecule has 1 atom stereocenters. The fourth-order valence-corrected chi connectivity index (χ4v) is 5.51. The second kappa shape index (κ2) is 11.2. The van der Waals surface area contributed by atoms with Gasteiger partial charge in [-0.15, -0.1) is 0 Å². The Labute approximate surface area is 232 Å². The zero-order chi connectivity index (χ0) is 28.6. The zero-order valence-electron chi connectivity index (χ0n) is 23.4. The molecular formula is C29H34F2N8O. The summed E-state index contributed by atoms with van der Waals surface area (Å²) in [5.41, 5.74) is 2.10. The minimum atomic E-state index is -0.663. The van der Waals surface area contributed by atoms with Crippen molar-refractivity contribution >= 4 is 28.7 Å². The first kappa shape index (κ1) is 27.6. The fraction of sp³-hybridized carbons (Fsp3) is 0.414. The number of rotatable bonds is 8. The van der Waals surface area contributed by atoms with Gasteiger partial charge >= 0.3 is 0 Å². The number of anilines is 2. The van der Waals surface area contributed by atoms with Gasteiger partial charge in [0, 0.05) is 43.5 Å². The maximum absolute atomic E-state index is 15.0. The number of likely N-dealkylation sites (N-methyl/N-ethyl adjacent to an activating group) is 1.